The zero-order valence-corrected chi connectivity index (χ0v) is 60.0. The number of ether oxygens (including phenoxy) is 4. The summed E-state index contributed by atoms with van der Waals surface area (Å²) >= 11 is 0. The van der Waals surface area contributed by atoms with Crippen molar-refractivity contribution in [1.82, 2.24) is 21.3 Å². The molecule has 6 aromatic carbocycles. The first-order chi connectivity index (χ1) is 47.9. The number of alkyl carbamates (subject to hydrolysis) is 2. The number of nitrogens with one attached hydrogen (secondary N) is 4. The maximum Gasteiger partial charge on any atom is 0.407 e. The van der Waals surface area contributed by atoms with Crippen LogP contribution < -0.4 is 21.3 Å². The summed E-state index contributed by atoms with van der Waals surface area (Å²) in [6.45, 7) is 8.58. The predicted octanol–water partition coefficient (Wildman–Crippen LogP) is 17.8. The topological polar surface area (TPSA) is 187 Å². The first-order valence-corrected chi connectivity index (χ1v) is 38.9. The molecule has 0 saturated heterocycles. The molecule has 0 aromatic heterocycles. The summed E-state index contributed by atoms with van der Waals surface area (Å²) in [6.07, 6.45) is 20.9. The molecule has 526 valence electrons. The third-order valence-electron chi connectivity index (χ3n) is 19.3. The monoisotopic (exact) mass is 1370 g/mol. The maximum absolute atomic E-state index is 14.0. The molecule has 0 aliphatic heterocycles. The lowest BCUT2D eigenvalue weighted by atomic mass is 9.97. The summed E-state index contributed by atoms with van der Waals surface area (Å²) in [5.41, 5.74) is 10.8. The van der Waals surface area contributed by atoms with Crippen LogP contribution in [-0.2, 0) is 51.0 Å². The Morgan fingerprint density at radius 1 is 0.357 bits per heavy atom. The van der Waals surface area contributed by atoms with Gasteiger partial charge in [-0.05, 0) is 93.2 Å². The number of fused-ring (bicyclic) bond motifs is 6. The van der Waals surface area contributed by atoms with E-state index in [1.165, 1.54) is 75.7 Å². The number of hydrogen-bond donors (Lipinski definition) is 4. The van der Waals surface area contributed by atoms with Gasteiger partial charge >= 0.3 is 24.1 Å². The van der Waals surface area contributed by atoms with E-state index in [9.17, 15) is 28.8 Å². The predicted molar refractivity (Wildman–Crippen MR) is 397 cm³/mol. The minimum atomic E-state index is -0.918. The molecule has 2 aliphatic carbocycles. The van der Waals surface area contributed by atoms with E-state index in [0.717, 1.165) is 107 Å². The van der Waals surface area contributed by atoms with Gasteiger partial charge < -0.3 is 40.2 Å². The van der Waals surface area contributed by atoms with Gasteiger partial charge in [0, 0.05) is 36.2 Å². The van der Waals surface area contributed by atoms with E-state index in [2.05, 4.69) is 69.8 Å². The number of benzene rings is 6. The highest BCUT2D eigenvalue weighted by atomic mass is 33.1. The summed E-state index contributed by atoms with van der Waals surface area (Å²) in [5, 5.41) is 11.6. The van der Waals surface area contributed by atoms with E-state index in [0.29, 0.717) is 12.8 Å². The van der Waals surface area contributed by atoms with Crippen molar-refractivity contribution in [2.45, 2.75) is 205 Å². The van der Waals surface area contributed by atoms with Gasteiger partial charge in [0.2, 0.25) is 11.8 Å². The first kappa shape index (κ1) is 76.2. The van der Waals surface area contributed by atoms with Gasteiger partial charge in [0.05, 0.1) is 13.2 Å². The van der Waals surface area contributed by atoms with Crippen LogP contribution in [0.25, 0.3) is 22.3 Å². The van der Waals surface area contributed by atoms with Gasteiger partial charge in [-0.2, -0.15) is 0 Å². The van der Waals surface area contributed by atoms with Crippen LogP contribution in [0.3, 0.4) is 0 Å². The van der Waals surface area contributed by atoms with Gasteiger partial charge in [-0.15, -0.1) is 0 Å². The van der Waals surface area contributed by atoms with Crippen LogP contribution >= 0.6 is 21.6 Å². The van der Waals surface area contributed by atoms with E-state index < -0.39 is 60.1 Å². The Bertz CT molecular complexity index is 3090. The molecule has 16 heteroatoms. The van der Waals surface area contributed by atoms with Gasteiger partial charge in [-0.1, -0.05) is 310 Å². The molecule has 6 aromatic rings. The molecule has 14 nitrogen and oxygen atoms in total. The van der Waals surface area contributed by atoms with Crippen molar-refractivity contribution in [2.75, 3.05) is 37.9 Å². The molecule has 2 aliphatic rings. The average molecular weight is 1370 g/mol. The largest absolute Gasteiger partial charge is 0.464 e. The van der Waals surface area contributed by atoms with Crippen molar-refractivity contribution in [3.05, 3.63) is 191 Å². The Hall–Kier alpha value is -7.56. The number of rotatable bonds is 45. The Balaban J connectivity index is 0.606. The molecule has 0 unspecified atom stereocenters. The molecular formula is C82H106N4O10S2. The van der Waals surface area contributed by atoms with E-state index in [4.69, 9.17) is 18.9 Å². The molecule has 8 rings (SSSR count). The Morgan fingerprint density at radius 3 is 0.959 bits per heavy atom. The summed E-state index contributed by atoms with van der Waals surface area (Å²) in [6, 6.07) is 48.1. The summed E-state index contributed by atoms with van der Waals surface area (Å²) < 4.78 is 23.2. The molecule has 0 fully saturated rings. The van der Waals surface area contributed by atoms with Crippen molar-refractivity contribution in [3.63, 3.8) is 0 Å². The Morgan fingerprint density at radius 2 is 0.643 bits per heavy atom. The fourth-order valence-corrected chi connectivity index (χ4v) is 15.5. The van der Waals surface area contributed by atoms with E-state index in [-0.39, 0.29) is 62.9 Å². The van der Waals surface area contributed by atoms with Crippen LogP contribution in [-0.4, -0.2) is 98.0 Å². The van der Waals surface area contributed by atoms with Crippen molar-refractivity contribution in [2.24, 2.45) is 11.8 Å². The highest BCUT2D eigenvalue weighted by molar-refractivity contribution is 8.76. The smallest absolute Gasteiger partial charge is 0.407 e. The highest BCUT2D eigenvalue weighted by Gasteiger charge is 2.36. The van der Waals surface area contributed by atoms with E-state index >= 15 is 0 Å². The average Bonchev–Trinajstić information content (AvgIpc) is 1.63. The molecule has 0 heterocycles. The summed E-state index contributed by atoms with van der Waals surface area (Å²) in [7, 11) is 4.03. The molecule has 6 atom stereocenters. The van der Waals surface area contributed by atoms with Crippen LogP contribution in [0.4, 0.5) is 9.59 Å². The van der Waals surface area contributed by atoms with Crippen molar-refractivity contribution in [3.8, 4) is 22.3 Å². The zero-order valence-electron chi connectivity index (χ0n) is 58.3. The molecule has 0 bridgehead atoms. The Labute approximate surface area is 591 Å². The minimum absolute atomic E-state index is 0.112. The van der Waals surface area contributed by atoms with Crippen LogP contribution in [0.15, 0.2) is 158 Å². The van der Waals surface area contributed by atoms with Crippen LogP contribution in [0, 0.1) is 11.8 Å². The number of unbranched alkanes of at least 4 members (excludes halogenated alkanes) is 16. The molecule has 4 N–H and O–H groups in total. The number of carbonyl (C=O) groups excluding carboxylic acids is 6. The zero-order chi connectivity index (χ0) is 69.1. The molecule has 0 spiro atoms. The quantitative estimate of drug-likeness (QED) is 0.0123. The lowest BCUT2D eigenvalue weighted by Crippen LogP contribution is -2.55. The minimum Gasteiger partial charge on any atom is -0.464 e. The number of carbonyl (C=O) groups is 6. The number of hydrogen-bond acceptors (Lipinski definition) is 12. The van der Waals surface area contributed by atoms with Gasteiger partial charge in [-0.3, -0.25) is 9.59 Å². The Kier molecular flexibility index (Phi) is 33.0. The molecular weight excluding hydrogens is 1270 g/mol. The maximum atomic E-state index is 14.0. The van der Waals surface area contributed by atoms with E-state index in [1.54, 1.807) is 0 Å². The van der Waals surface area contributed by atoms with Crippen molar-refractivity contribution in [1.29, 1.82) is 0 Å². The van der Waals surface area contributed by atoms with Gasteiger partial charge in [0.1, 0.15) is 37.4 Å². The van der Waals surface area contributed by atoms with E-state index in [1.807, 2.05) is 158 Å². The highest BCUT2D eigenvalue weighted by Crippen LogP contribution is 2.46. The standard InChI is InChI=1S/C82H106N4O10S2/c1-5-59(3)75(85-81(91)95-57-71-67-47-31-27-43-63(67)64-44-28-32-48-68(64)71)77(87)83-73(55-61-39-23-21-24-40-61)79(89)93-51-35-17-13-9-7-11-15-19-37-53-97-98-54-38-20-16-12-8-10-14-18-36-52-94-80(90)74(56-62-41-25-22-26-42-62)84-78(88)76(60(4)6-2)86-82(92)96-58-72-69-49-33-29-45-65(69)66-46-30-34-50-70(66)72/h21-34,39-50,59-60,71-76H,5-20,35-38,51-58H2,1-4H3,(H,83,87)(H,84,88)(H,85,91)(H,86,92)/t59-,60-,73-,74-,75-,76-/m0/s1. The second kappa shape index (κ2) is 42.4. The first-order valence-electron chi connectivity index (χ1n) is 36.4. The van der Waals surface area contributed by atoms with Crippen molar-refractivity contribution >= 4 is 57.5 Å². The van der Waals surface area contributed by atoms with Crippen LogP contribution in [0.5, 0.6) is 0 Å². The molecule has 4 amide bonds. The van der Waals surface area contributed by atoms with Crippen LogP contribution in [0.1, 0.15) is 201 Å². The number of amides is 4. The van der Waals surface area contributed by atoms with Crippen LogP contribution in [0.2, 0.25) is 0 Å². The third kappa shape index (κ3) is 24.1. The lowest BCUT2D eigenvalue weighted by Gasteiger charge is -2.26. The molecule has 0 saturated carbocycles. The van der Waals surface area contributed by atoms with Gasteiger partial charge in [-0.25, -0.2) is 19.2 Å². The van der Waals surface area contributed by atoms with Gasteiger partial charge in [0.25, 0.3) is 0 Å². The van der Waals surface area contributed by atoms with Gasteiger partial charge in [0.15, 0.2) is 0 Å². The molecule has 0 radical (unpaired) electrons. The fraction of sp³-hybridized carbons (Fsp3) is 0.488. The molecule has 98 heavy (non-hydrogen) atoms. The lowest BCUT2D eigenvalue weighted by molar-refractivity contribution is -0.148. The third-order valence-corrected chi connectivity index (χ3v) is 21.9. The second-order valence-electron chi connectivity index (χ2n) is 26.5. The summed E-state index contributed by atoms with van der Waals surface area (Å²) in [5.74, 6) is -0.128. The number of esters is 2. The SMILES string of the molecule is CC[C@H](C)[C@H](NC(=O)OCC1c2ccccc2-c2ccccc21)C(=O)N[C@@H](Cc1ccccc1)C(=O)OCCCCCCCCCCCSSCCCCCCCCCCCOC(=O)[C@H](Cc1ccccc1)NC(=O)[C@@H](NC(=O)OCC1c2ccccc2-c2ccccc21)[C@@H](C)CC. The van der Waals surface area contributed by atoms with Crippen molar-refractivity contribution < 1.29 is 47.7 Å². The normalized spacial score (nSPS) is 14.0. The second-order valence-corrected chi connectivity index (χ2v) is 29.2. The summed E-state index contributed by atoms with van der Waals surface area (Å²) in [4.78, 5) is 82.0. The fourth-order valence-electron chi connectivity index (χ4n) is 13.2.